The minimum atomic E-state index is 0. The Balaban J connectivity index is 0.000000849. The van der Waals surface area contributed by atoms with Crippen LogP contribution in [0.5, 0.6) is 0 Å². The Bertz CT molecular complexity index is 570. The first-order chi connectivity index (χ1) is 10.3. The normalized spacial score (nSPS) is 22.9. The van der Waals surface area contributed by atoms with Crippen molar-refractivity contribution in [3.8, 4) is 0 Å². The Morgan fingerprint density at radius 1 is 0.696 bits per heavy atom. The lowest BCUT2D eigenvalue weighted by molar-refractivity contribution is -1.00. The molecule has 117 valence electrons. The van der Waals surface area contributed by atoms with E-state index < -0.39 is 0 Å². The molecule has 23 heavy (non-hydrogen) atoms. The lowest BCUT2D eigenvalue weighted by Gasteiger charge is -2.35. The lowest BCUT2D eigenvalue weighted by Crippen LogP contribution is -2.67. The van der Waals surface area contributed by atoms with Gasteiger partial charge in [-0.3, -0.25) is 0 Å². The molecule has 0 aliphatic carbocycles. The van der Waals surface area contributed by atoms with Crippen molar-refractivity contribution in [2.75, 3.05) is 6.67 Å². The highest BCUT2D eigenvalue weighted by atomic mass is 15.5. The molecule has 3 aliphatic heterocycles. The van der Waals surface area contributed by atoms with Gasteiger partial charge in [0.25, 0.3) is 0 Å². The van der Waals surface area contributed by atoms with Gasteiger partial charge in [-0.2, -0.15) is 0 Å². The van der Waals surface area contributed by atoms with Crippen molar-refractivity contribution < 1.29 is 9.15 Å². The largest absolute Gasteiger partial charge is 0.368 e. The Morgan fingerprint density at radius 3 is 1.39 bits per heavy atom. The molecular formula is C18H28B3N2+2. The van der Waals surface area contributed by atoms with E-state index in [2.05, 4.69) is 66.2 Å². The zero-order chi connectivity index (χ0) is 16.7. The van der Waals surface area contributed by atoms with Gasteiger partial charge in [0.05, 0.1) is 0 Å². The molecular weight excluding hydrogens is 277 g/mol. The predicted molar refractivity (Wildman–Crippen MR) is 102 cm³/mol. The zero-order valence-electron chi connectivity index (χ0n) is 15.7. The number of hydrogen-bond acceptors (Lipinski definition) is 0. The van der Waals surface area contributed by atoms with Gasteiger partial charge in [0.1, 0.15) is 12.8 Å². The summed E-state index contributed by atoms with van der Waals surface area (Å²) in [5, 5.41) is 0. The van der Waals surface area contributed by atoms with E-state index >= 15 is 0 Å². The van der Waals surface area contributed by atoms with Gasteiger partial charge in [-0.1, -0.05) is 22.3 Å². The first-order valence-electron chi connectivity index (χ1n) is 8.19. The first-order valence-corrected chi connectivity index (χ1v) is 8.19. The van der Waals surface area contributed by atoms with Crippen molar-refractivity contribution in [1.82, 2.24) is 0 Å². The Hall–Kier alpha value is -0.985. The summed E-state index contributed by atoms with van der Waals surface area (Å²) in [5.74, 6) is 0. The molecule has 1 saturated heterocycles. The van der Waals surface area contributed by atoms with Gasteiger partial charge in [0.2, 0.25) is 0 Å². The van der Waals surface area contributed by atoms with Crippen LogP contribution < -0.4 is 0 Å². The minimum Gasteiger partial charge on any atom is -0.114 e. The lowest BCUT2D eigenvalue weighted by atomic mass is 9.81. The Labute approximate surface area is 146 Å². The van der Waals surface area contributed by atoms with Crippen LogP contribution in [-0.2, 0) is 0 Å². The third-order valence-corrected chi connectivity index (χ3v) is 5.80. The van der Waals surface area contributed by atoms with Crippen molar-refractivity contribution >= 4 is 35.3 Å². The van der Waals surface area contributed by atoms with E-state index in [9.17, 15) is 0 Å². The van der Waals surface area contributed by atoms with Crippen molar-refractivity contribution in [3.63, 3.8) is 0 Å². The summed E-state index contributed by atoms with van der Waals surface area (Å²) in [5.41, 5.74) is 9.65. The average molecular weight is 305 g/mol. The Kier molecular flexibility index (Phi) is 6.35. The summed E-state index contributed by atoms with van der Waals surface area (Å²) in [6.07, 6.45) is 4.70. The van der Waals surface area contributed by atoms with Crippen LogP contribution in [0.2, 0.25) is 0 Å². The van der Waals surface area contributed by atoms with Crippen molar-refractivity contribution in [1.29, 1.82) is 0 Å². The van der Waals surface area contributed by atoms with E-state index in [0.29, 0.717) is 0 Å². The molecule has 1 fully saturated rings. The summed E-state index contributed by atoms with van der Waals surface area (Å²) in [6.45, 7) is 15.0. The molecule has 3 heterocycles. The second kappa shape index (κ2) is 7.28. The molecule has 0 N–H and O–H groups in total. The van der Waals surface area contributed by atoms with Gasteiger partial charge in [-0.25, -0.2) is 0 Å². The highest BCUT2D eigenvalue weighted by Crippen LogP contribution is 2.41. The van der Waals surface area contributed by atoms with Crippen LogP contribution in [0.25, 0.3) is 0 Å². The standard InChI is InChI=1S/C18H28N2.B2.B/c1-12-7-16(5)19-11-20-17(6)8-13(2)15(4)10-18(19,20)9-14(12)3;1-2;/h7-11H2,1-6H3;;/q+2;;. The molecule has 0 aromatic rings. The van der Waals surface area contributed by atoms with Gasteiger partial charge in [0.15, 0.2) is 11.4 Å². The second-order valence-corrected chi connectivity index (χ2v) is 7.28. The smallest absolute Gasteiger partial charge is 0.114 e. The molecule has 0 atom stereocenters. The maximum absolute atomic E-state index is 4.00. The van der Waals surface area contributed by atoms with Gasteiger partial charge in [0, 0.05) is 50.6 Å². The first kappa shape index (κ1) is 20.1. The number of hydrogen-bond donors (Lipinski definition) is 0. The summed E-state index contributed by atoms with van der Waals surface area (Å²) in [6, 6.07) is 0. The maximum Gasteiger partial charge on any atom is 0.368 e. The molecule has 0 aromatic heterocycles. The second-order valence-electron chi connectivity index (χ2n) is 7.28. The van der Waals surface area contributed by atoms with Gasteiger partial charge in [-0.05, 0) is 27.7 Å². The molecule has 0 aromatic carbocycles. The fourth-order valence-electron chi connectivity index (χ4n) is 4.28. The SMILES string of the molecule is CC1=C(C)CC23CC(C)=C(C)CC(C)=[N+]2C[N+]3=C(C)C1.[B].[B][B]. The number of nitrogens with zero attached hydrogens (tertiary/aromatic N) is 2. The summed E-state index contributed by atoms with van der Waals surface area (Å²) >= 11 is 0. The summed E-state index contributed by atoms with van der Waals surface area (Å²) in [4.78, 5) is 0. The molecule has 0 saturated carbocycles. The Morgan fingerprint density at radius 2 is 1.04 bits per heavy atom. The van der Waals surface area contributed by atoms with E-state index in [-0.39, 0.29) is 14.1 Å². The van der Waals surface area contributed by atoms with Gasteiger partial charge < -0.3 is 0 Å². The van der Waals surface area contributed by atoms with Crippen LogP contribution in [0.3, 0.4) is 0 Å². The highest BCUT2D eigenvalue weighted by Gasteiger charge is 2.65. The van der Waals surface area contributed by atoms with Crippen LogP contribution in [0, 0.1) is 0 Å². The van der Waals surface area contributed by atoms with E-state index in [1.54, 1.807) is 33.7 Å². The molecule has 1 spiro atoms. The predicted octanol–water partition coefficient (Wildman–Crippen LogP) is 2.72. The third kappa shape index (κ3) is 3.16. The molecule has 7 radical (unpaired) electrons. The zero-order valence-corrected chi connectivity index (χ0v) is 15.7. The average Bonchev–Trinajstić information content (AvgIpc) is 2.55. The van der Waals surface area contributed by atoms with Crippen LogP contribution in [0.4, 0.5) is 0 Å². The third-order valence-electron chi connectivity index (χ3n) is 5.80. The van der Waals surface area contributed by atoms with Crippen molar-refractivity contribution in [3.05, 3.63) is 22.3 Å². The molecule has 2 nitrogen and oxygen atoms in total. The van der Waals surface area contributed by atoms with Crippen LogP contribution in [0.1, 0.15) is 67.2 Å². The quantitative estimate of drug-likeness (QED) is 0.369. The van der Waals surface area contributed by atoms with Gasteiger partial charge in [-0.15, -0.1) is 9.15 Å². The molecule has 5 heteroatoms. The number of allylic oxidation sites excluding steroid dienone is 2. The van der Waals surface area contributed by atoms with E-state index in [1.165, 1.54) is 12.8 Å². The molecule has 3 rings (SSSR count). The van der Waals surface area contributed by atoms with Crippen molar-refractivity contribution in [2.24, 2.45) is 0 Å². The van der Waals surface area contributed by atoms with E-state index in [1.807, 2.05) is 0 Å². The highest BCUT2D eigenvalue weighted by molar-refractivity contribution is 6.75. The molecule has 3 aliphatic rings. The molecule has 0 amide bonds. The molecule has 0 unspecified atom stereocenters. The molecule has 0 bridgehead atoms. The van der Waals surface area contributed by atoms with Gasteiger partial charge >= 0.3 is 12.3 Å². The van der Waals surface area contributed by atoms with E-state index in [4.69, 9.17) is 0 Å². The fourth-order valence-corrected chi connectivity index (χ4v) is 4.28. The summed E-state index contributed by atoms with van der Waals surface area (Å²) in [7, 11) is 8.00. The van der Waals surface area contributed by atoms with Crippen molar-refractivity contribution in [2.45, 2.75) is 72.9 Å². The van der Waals surface area contributed by atoms with Crippen LogP contribution in [-0.4, -0.2) is 56.8 Å². The number of rotatable bonds is 0. The summed E-state index contributed by atoms with van der Waals surface area (Å²) < 4.78 is 5.36. The minimum absolute atomic E-state index is 0. The monoisotopic (exact) mass is 305 g/mol. The fraction of sp³-hybridized carbons (Fsp3) is 0.667. The maximum atomic E-state index is 4.00. The van der Waals surface area contributed by atoms with Crippen LogP contribution >= 0.6 is 0 Å². The topological polar surface area (TPSA) is 6.02 Å². The van der Waals surface area contributed by atoms with Crippen LogP contribution in [0.15, 0.2) is 22.3 Å². The van der Waals surface area contributed by atoms with E-state index in [0.717, 1.165) is 19.5 Å².